The summed E-state index contributed by atoms with van der Waals surface area (Å²) in [4.78, 5) is 0.153. The molecule has 7 nitrogen and oxygen atoms in total. The Morgan fingerprint density at radius 3 is 2.79 bits per heavy atom. The van der Waals surface area contributed by atoms with Crippen molar-refractivity contribution in [3.05, 3.63) is 29.1 Å². The molecule has 0 aliphatic carbocycles. The van der Waals surface area contributed by atoms with E-state index in [0.29, 0.717) is 35.2 Å². The molecule has 0 spiro atoms. The molecule has 1 aliphatic heterocycles. The number of aryl methyl sites for hydroxylation is 2. The third kappa shape index (κ3) is 2.93. The summed E-state index contributed by atoms with van der Waals surface area (Å²) >= 11 is 0. The van der Waals surface area contributed by atoms with Crippen LogP contribution in [-0.4, -0.2) is 31.3 Å². The van der Waals surface area contributed by atoms with E-state index in [2.05, 4.69) is 14.9 Å². The zero-order valence-electron chi connectivity index (χ0n) is 14.1. The van der Waals surface area contributed by atoms with E-state index in [1.165, 1.54) is 0 Å². The number of anilines is 1. The van der Waals surface area contributed by atoms with Gasteiger partial charge in [0.05, 0.1) is 23.7 Å². The minimum Gasteiger partial charge on any atom is -0.492 e. The molecule has 2 aromatic rings. The van der Waals surface area contributed by atoms with Crippen molar-refractivity contribution in [3.63, 3.8) is 0 Å². The average molecular weight is 351 g/mol. The fourth-order valence-corrected chi connectivity index (χ4v) is 4.36. The van der Waals surface area contributed by atoms with Crippen LogP contribution in [0.3, 0.4) is 0 Å². The molecule has 1 atom stereocenters. The van der Waals surface area contributed by atoms with E-state index in [1.54, 1.807) is 19.9 Å². The lowest BCUT2D eigenvalue weighted by molar-refractivity contribution is 0.254. The van der Waals surface area contributed by atoms with Crippen LogP contribution in [0.1, 0.15) is 30.8 Å². The first-order chi connectivity index (χ1) is 11.3. The van der Waals surface area contributed by atoms with Crippen LogP contribution < -0.4 is 14.2 Å². The van der Waals surface area contributed by atoms with Crippen molar-refractivity contribution in [1.29, 1.82) is 0 Å². The van der Waals surface area contributed by atoms with Crippen LogP contribution in [0.4, 0.5) is 5.69 Å². The Bertz CT molecular complexity index is 854. The molecule has 0 fully saturated rings. The number of nitrogens with zero attached hydrogens (tertiary/aromatic N) is 1. The molecule has 0 saturated carbocycles. The first kappa shape index (κ1) is 16.6. The number of hydrogen-bond donors (Lipinski definition) is 2. The number of ether oxygens (including phenoxy) is 2. The van der Waals surface area contributed by atoms with Gasteiger partial charge >= 0.3 is 0 Å². The molecule has 2 N–H and O–H groups in total. The van der Waals surface area contributed by atoms with Crippen molar-refractivity contribution in [3.8, 4) is 11.5 Å². The number of sulfonamides is 1. The second kappa shape index (κ2) is 6.01. The topological polar surface area (TPSA) is 93.3 Å². The van der Waals surface area contributed by atoms with Crippen molar-refractivity contribution < 1.29 is 17.9 Å². The highest BCUT2D eigenvalue weighted by Crippen LogP contribution is 2.39. The highest BCUT2D eigenvalue weighted by Gasteiger charge is 2.26. The number of rotatable bonds is 5. The van der Waals surface area contributed by atoms with Gasteiger partial charge in [0.25, 0.3) is 10.0 Å². The largest absolute Gasteiger partial charge is 0.492 e. The van der Waals surface area contributed by atoms with Gasteiger partial charge in [0.15, 0.2) is 0 Å². The summed E-state index contributed by atoms with van der Waals surface area (Å²) in [6.07, 6.45) is 0.849. The highest BCUT2D eigenvalue weighted by atomic mass is 32.2. The maximum absolute atomic E-state index is 12.8. The van der Waals surface area contributed by atoms with Gasteiger partial charge < -0.3 is 9.47 Å². The Hall–Kier alpha value is -2.22. The van der Waals surface area contributed by atoms with Gasteiger partial charge in [-0.05, 0) is 33.8 Å². The van der Waals surface area contributed by atoms with E-state index in [1.807, 2.05) is 19.9 Å². The molecule has 8 heteroatoms. The molecule has 3 rings (SSSR count). The molecular formula is C16H21N3O4S. The van der Waals surface area contributed by atoms with Crippen molar-refractivity contribution in [2.75, 3.05) is 11.3 Å². The first-order valence-electron chi connectivity index (χ1n) is 7.82. The molecule has 0 saturated heterocycles. The maximum Gasteiger partial charge on any atom is 0.265 e. The Morgan fingerprint density at radius 1 is 1.42 bits per heavy atom. The molecule has 130 valence electrons. The van der Waals surface area contributed by atoms with Gasteiger partial charge in [-0.2, -0.15) is 5.10 Å². The minimum absolute atomic E-state index is 0.0692. The van der Waals surface area contributed by atoms with Crippen molar-refractivity contribution in [2.45, 2.75) is 45.1 Å². The van der Waals surface area contributed by atoms with E-state index >= 15 is 0 Å². The number of nitrogens with one attached hydrogen (secondary N) is 2. The number of benzene rings is 1. The van der Waals surface area contributed by atoms with Crippen molar-refractivity contribution >= 4 is 15.7 Å². The maximum atomic E-state index is 12.8. The third-order valence-electron chi connectivity index (χ3n) is 3.87. The average Bonchev–Trinajstić information content (AvgIpc) is 3.00. The number of aromatic amines is 1. The Morgan fingerprint density at radius 2 is 2.17 bits per heavy atom. The van der Waals surface area contributed by atoms with Gasteiger partial charge in [-0.15, -0.1) is 0 Å². The highest BCUT2D eigenvalue weighted by molar-refractivity contribution is 7.92. The van der Waals surface area contributed by atoms with Crippen LogP contribution in [0.2, 0.25) is 0 Å². The summed E-state index contributed by atoms with van der Waals surface area (Å²) < 4.78 is 39.5. The van der Waals surface area contributed by atoms with Gasteiger partial charge in [0.1, 0.15) is 22.5 Å². The van der Waals surface area contributed by atoms with Crippen LogP contribution in [-0.2, 0) is 16.4 Å². The first-order valence-corrected chi connectivity index (χ1v) is 9.31. The van der Waals surface area contributed by atoms with Gasteiger partial charge in [-0.25, -0.2) is 8.42 Å². The van der Waals surface area contributed by atoms with E-state index in [0.717, 1.165) is 12.0 Å². The van der Waals surface area contributed by atoms with Gasteiger partial charge in [0, 0.05) is 18.1 Å². The molecule has 2 heterocycles. The lowest BCUT2D eigenvalue weighted by Gasteiger charge is -2.14. The van der Waals surface area contributed by atoms with Crippen LogP contribution in [0, 0.1) is 13.8 Å². The van der Waals surface area contributed by atoms with Gasteiger partial charge in [0.2, 0.25) is 0 Å². The summed E-state index contributed by atoms with van der Waals surface area (Å²) in [5.41, 5.74) is 2.29. The van der Waals surface area contributed by atoms with Crippen LogP contribution in [0.5, 0.6) is 11.5 Å². The van der Waals surface area contributed by atoms with Gasteiger partial charge in [-0.1, -0.05) is 0 Å². The zero-order chi connectivity index (χ0) is 17.5. The number of fused-ring (bicyclic) bond motifs is 1. The van der Waals surface area contributed by atoms with Crippen LogP contribution in [0.25, 0.3) is 0 Å². The monoisotopic (exact) mass is 351 g/mol. The molecule has 0 amide bonds. The Kier molecular flexibility index (Phi) is 4.16. The fourth-order valence-electron chi connectivity index (χ4n) is 2.93. The summed E-state index contributed by atoms with van der Waals surface area (Å²) in [5, 5.41) is 6.64. The van der Waals surface area contributed by atoms with Crippen LogP contribution >= 0.6 is 0 Å². The van der Waals surface area contributed by atoms with E-state index < -0.39 is 10.0 Å². The molecule has 0 unspecified atom stereocenters. The molecule has 24 heavy (non-hydrogen) atoms. The number of H-pyrrole nitrogens is 1. The Labute approximate surface area is 141 Å². The predicted octanol–water partition coefficient (Wildman–Crippen LogP) is 2.55. The second-order valence-electron chi connectivity index (χ2n) is 5.89. The zero-order valence-corrected chi connectivity index (χ0v) is 15.0. The molecule has 0 radical (unpaired) electrons. The SMILES string of the molecule is CCOc1cc2c(cc1NS(=O)(=O)c1c(C)n[nH]c1C)O[C@@H](C)C2. The molecule has 1 aliphatic rings. The van der Waals surface area contributed by atoms with Crippen molar-refractivity contribution in [1.82, 2.24) is 10.2 Å². The molecule has 0 bridgehead atoms. The number of aromatic nitrogens is 2. The summed E-state index contributed by atoms with van der Waals surface area (Å²) in [6, 6.07) is 3.53. The van der Waals surface area contributed by atoms with Gasteiger partial charge in [-0.3, -0.25) is 9.82 Å². The third-order valence-corrected chi connectivity index (χ3v) is 5.50. The predicted molar refractivity (Wildman–Crippen MR) is 90.3 cm³/mol. The lowest BCUT2D eigenvalue weighted by atomic mass is 10.1. The van der Waals surface area contributed by atoms with E-state index in [-0.39, 0.29) is 11.0 Å². The standard InChI is InChI=1S/C16H21N3O4S/c1-5-22-15-7-12-6-9(2)23-14(12)8-13(15)19-24(20,21)16-10(3)17-18-11(16)4/h7-9,19H,5-6H2,1-4H3,(H,17,18)/t9-/m0/s1. The molecule has 1 aromatic heterocycles. The van der Waals surface area contributed by atoms with Crippen LogP contribution in [0.15, 0.2) is 17.0 Å². The Balaban J connectivity index is 2.02. The summed E-state index contributed by atoms with van der Waals surface area (Å²) in [6.45, 7) is 7.59. The summed E-state index contributed by atoms with van der Waals surface area (Å²) in [5.74, 6) is 1.18. The summed E-state index contributed by atoms with van der Waals surface area (Å²) in [7, 11) is -3.78. The van der Waals surface area contributed by atoms with E-state index in [4.69, 9.17) is 9.47 Å². The number of hydrogen-bond acceptors (Lipinski definition) is 5. The van der Waals surface area contributed by atoms with E-state index in [9.17, 15) is 8.42 Å². The fraction of sp³-hybridized carbons (Fsp3) is 0.438. The molecular weight excluding hydrogens is 330 g/mol. The quantitative estimate of drug-likeness (QED) is 0.863. The van der Waals surface area contributed by atoms with Crippen molar-refractivity contribution in [2.24, 2.45) is 0 Å². The molecule has 1 aromatic carbocycles. The second-order valence-corrected chi connectivity index (χ2v) is 7.51. The lowest BCUT2D eigenvalue weighted by Crippen LogP contribution is -2.15. The normalized spacial score (nSPS) is 16.6. The minimum atomic E-state index is -3.78. The smallest absolute Gasteiger partial charge is 0.265 e.